The topological polar surface area (TPSA) is 153 Å². The number of nitrogens with one attached hydrogen (secondary N) is 3. The van der Waals surface area contributed by atoms with Crippen LogP contribution in [0.25, 0.3) is 21.7 Å². The first-order valence-electron chi connectivity index (χ1n) is 14.7. The van der Waals surface area contributed by atoms with Crippen LogP contribution in [0.4, 0.5) is 5.69 Å². The quantitative estimate of drug-likeness (QED) is 0.114. The molecule has 1 atom stereocenters. The molecule has 0 bridgehead atoms. The maximum Gasteiger partial charge on any atom is 0.321 e. The number of nitrogens with two attached hydrogens (primary N) is 1. The summed E-state index contributed by atoms with van der Waals surface area (Å²) in [6.07, 6.45) is 6.30. The number of anilines is 1. The summed E-state index contributed by atoms with van der Waals surface area (Å²) in [5, 5.41) is 24.1. The maximum atomic E-state index is 13.8. The molecule has 6 N–H and O–H groups in total. The number of phenolic OH excluding ortho intramolecular Hbond substituents is 1. The van der Waals surface area contributed by atoms with E-state index in [1.54, 1.807) is 30.6 Å². The van der Waals surface area contributed by atoms with Gasteiger partial charge >= 0.3 is 6.01 Å². The van der Waals surface area contributed by atoms with E-state index in [0.717, 1.165) is 44.1 Å². The number of amidine groups is 1. The van der Waals surface area contributed by atoms with Gasteiger partial charge in [-0.1, -0.05) is 36.4 Å². The van der Waals surface area contributed by atoms with Crippen LogP contribution in [0.5, 0.6) is 17.5 Å². The lowest BCUT2D eigenvalue weighted by Gasteiger charge is -2.28. The first kappa shape index (κ1) is 27.9. The molecule has 1 unspecified atom stereocenters. The number of nitrogens with zero attached hydrogens (tertiary/aromatic N) is 3. The summed E-state index contributed by atoms with van der Waals surface area (Å²) >= 11 is 0. The predicted octanol–water partition coefficient (Wildman–Crippen LogP) is 5.18. The summed E-state index contributed by atoms with van der Waals surface area (Å²) in [4.78, 5) is 27.6. The predicted molar refractivity (Wildman–Crippen MR) is 174 cm³/mol. The Morgan fingerprint density at radius 3 is 2.71 bits per heavy atom. The highest BCUT2D eigenvalue weighted by Gasteiger charge is 2.35. The summed E-state index contributed by atoms with van der Waals surface area (Å²) in [5.41, 5.74) is 11.3. The third kappa shape index (κ3) is 5.61. The van der Waals surface area contributed by atoms with Gasteiger partial charge in [-0.05, 0) is 76.3 Å². The molecule has 10 heteroatoms. The molecule has 4 aromatic carbocycles. The Morgan fingerprint density at radius 2 is 1.87 bits per heavy atom. The van der Waals surface area contributed by atoms with Crippen molar-refractivity contribution >= 4 is 39.1 Å². The van der Waals surface area contributed by atoms with Gasteiger partial charge in [-0.3, -0.25) is 10.2 Å². The monoisotopic (exact) mass is 597 g/mol. The Balaban J connectivity index is 1.18. The number of phenols is 1. The molecule has 0 spiro atoms. The fraction of sp³-hybridized carbons (Fsp3) is 0.143. The molecule has 3 heterocycles. The van der Waals surface area contributed by atoms with Crippen molar-refractivity contribution in [3.63, 3.8) is 0 Å². The third-order valence-corrected chi connectivity index (χ3v) is 8.26. The molecule has 45 heavy (non-hydrogen) atoms. The zero-order valence-corrected chi connectivity index (χ0v) is 24.3. The van der Waals surface area contributed by atoms with Gasteiger partial charge in [0.25, 0.3) is 0 Å². The Labute approximate surface area is 259 Å². The highest BCUT2D eigenvalue weighted by molar-refractivity contribution is 5.97. The first-order valence-corrected chi connectivity index (χ1v) is 14.7. The molecule has 0 saturated heterocycles. The fourth-order valence-corrected chi connectivity index (χ4v) is 6.08. The Hall–Kier alpha value is -5.90. The third-order valence-electron chi connectivity index (χ3n) is 8.26. The number of hydrogen-bond donors (Lipinski definition) is 5. The van der Waals surface area contributed by atoms with Crippen LogP contribution in [-0.2, 0) is 24.2 Å². The number of benzene rings is 4. The van der Waals surface area contributed by atoms with Crippen molar-refractivity contribution in [1.29, 1.82) is 5.41 Å². The average molecular weight is 598 g/mol. The molecule has 6 aromatic rings. The van der Waals surface area contributed by atoms with Crippen LogP contribution in [0.15, 0.2) is 97.5 Å². The van der Waals surface area contributed by atoms with Gasteiger partial charge in [0.05, 0.1) is 0 Å². The number of aromatic hydroxyl groups is 1. The highest BCUT2D eigenvalue weighted by Crippen LogP contribution is 2.37. The van der Waals surface area contributed by atoms with Gasteiger partial charge in [-0.15, -0.1) is 0 Å². The van der Waals surface area contributed by atoms with Gasteiger partial charge in [-0.2, -0.15) is 0 Å². The van der Waals surface area contributed by atoms with E-state index in [1.807, 2.05) is 60.8 Å². The Kier molecular flexibility index (Phi) is 7.22. The molecule has 0 radical (unpaired) electrons. The highest BCUT2D eigenvalue weighted by atomic mass is 16.5. The second kappa shape index (κ2) is 11.6. The lowest BCUT2D eigenvalue weighted by atomic mass is 10.0. The average Bonchev–Trinajstić information content (AvgIpc) is 3.62. The zero-order valence-electron chi connectivity index (χ0n) is 24.3. The van der Waals surface area contributed by atoms with Gasteiger partial charge in [0.15, 0.2) is 0 Å². The van der Waals surface area contributed by atoms with Crippen molar-refractivity contribution < 1.29 is 14.6 Å². The molecule has 0 fully saturated rings. The van der Waals surface area contributed by atoms with Crippen LogP contribution < -0.4 is 20.7 Å². The van der Waals surface area contributed by atoms with Crippen LogP contribution >= 0.6 is 0 Å². The SMILES string of the molecule is N=C(N)c1ccc2c(c1)N(Cc1cc(Oc3ncccn3)cc3ccccc13)C(C(=O)NCCc1c[nH]c3ccc(O)cc13)C2. The van der Waals surface area contributed by atoms with Crippen molar-refractivity contribution in [2.45, 2.75) is 25.4 Å². The molecule has 0 aliphatic carbocycles. The van der Waals surface area contributed by atoms with E-state index >= 15 is 0 Å². The van der Waals surface area contributed by atoms with E-state index < -0.39 is 6.04 Å². The Bertz CT molecular complexity index is 2060. The number of ether oxygens (including phenoxy) is 1. The largest absolute Gasteiger partial charge is 0.508 e. The van der Waals surface area contributed by atoms with Gasteiger partial charge in [-0.25, -0.2) is 9.97 Å². The fourth-order valence-electron chi connectivity index (χ4n) is 6.08. The van der Waals surface area contributed by atoms with Crippen molar-refractivity contribution in [2.24, 2.45) is 5.73 Å². The van der Waals surface area contributed by atoms with E-state index in [4.69, 9.17) is 15.9 Å². The minimum Gasteiger partial charge on any atom is -0.508 e. The lowest BCUT2D eigenvalue weighted by Crippen LogP contribution is -2.45. The van der Waals surface area contributed by atoms with Crippen molar-refractivity contribution in [1.82, 2.24) is 20.3 Å². The van der Waals surface area contributed by atoms with Crippen LogP contribution in [0.2, 0.25) is 0 Å². The molecule has 1 amide bonds. The van der Waals surface area contributed by atoms with Crippen molar-refractivity contribution in [2.75, 3.05) is 11.4 Å². The minimum atomic E-state index is -0.477. The molecule has 2 aromatic heterocycles. The zero-order chi connectivity index (χ0) is 30.9. The molecule has 1 aliphatic heterocycles. The number of fused-ring (bicyclic) bond motifs is 3. The number of amides is 1. The summed E-state index contributed by atoms with van der Waals surface area (Å²) in [6, 6.07) is 24.4. The summed E-state index contributed by atoms with van der Waals surface area (Å²) in [7, 11) is 0. The number of carbonyl (C=O) groups is 1. The van der Waals surface area contributed by atoms with Gasteiger partial charge in [0.2, 0.25) is 5.91 Å². The van der Waals surface area contributed by atoms with Crippen LogP contribution in [-0.4, -0.2) is 44.4 Å². The van der Waals surface area contributed by atoms with Crippen LogP contribution in [0.1, 0.15) is 22.3 Å². The van der Waals surface area contributed by atoms with Gasteiger partial charge in [0.1, 0.15) is 23.4 Å². The first-order chi connectivity index (χ1) is 21.9. The number of hydrogen-bond acceptors (Lipinski definition) is 7. The maximum absolute atomic E-state index is 13.8. The summed E-state index contributed by atoms with van der Waals surface area (Å²) < 4.78 is 6.03. The second-order valence-corrected chi connectivity index (χ2v) is 11.1. The molecule has 224 valence electrons. The van der Waals surface area contributed by atoms with Crippen molar-refractivity contribution in [3.8, 4) is 17.5 Å². The lowest BCUT2D eigenvalue weighted by molar-refractivity contribution is -0.122. The molecular weight excluding hydrogens is 566 g/mol. The number of carbonyl (C=O) groups excluding carboxylic acids is 1. The van der Waals surface area contributed by atoms with E-state index in [1.165, 1.54) is 0 Å². The number of aromatic nitrogens is 3. The smallest absolute Gasteiger partial charge is 0.321 e. The van der Waals surface area contributed by atoms with Crippen LogP contribution in [0, 0.1) is 5.41 Å². The molecule has 0 saturated carbocycles. The second-order valence-electron chi connectivity index (χ2n) is 11.1. The molecular formula is C35H31N7O3. The minimum absolute atomic E-state index is 0.0286. The van der Waals surface area contributed by atoms with Crippen molar-refractivity contribution in [3.05, 3.63) is 120 Å². The summed E-state index contributed by atoms with van der Waals surface area (Å²) in [6.45, 7) is 0.853. The summed E-state index contributed by atoms with van der Waals surface area (Å²) in [5.74, 6) is 0.680. The number of rotatable bonds is 9. The number of H-pyrrole nitrogens is 1. The van der Waals surface area contributed by atoms with E-state index in [-0.39, 0.29) is 23.5 Å². The van der Waals surface area contributed by atoms with E-state index in [0.29, 0.717) is 37.2 Å². The van der Waals surface area contributed by atoms with E-state index in [2.05, 4.69) is 31.2 Å². The van der Waals surface area contributed by atoms with Gasteiger partial charge in [0, 0.05) is 60.3 Å². The molecule has 1 aliphatic rings. The molecule has 7 rings (SSSR count). The Morgan fingerprint density at radius 1 is 1.02 bits per heavy atom. The number of nitrogen functional groups attached to an aromatic ring is 1. The van der Waals surface area contributed by atoms with E-state index in [9.17, 15) is 9.90 Å². The number of aromatic amines is 1. The normalized spacial score (nSPS) is 14.0. The van der Waals surface area contributed by atoms with Crippen LogP contribution in [0.3, 0.4) is 0 Å². The van der Waals surface area contributed by atoms with Gasteiger partial charge < -0.3 is 30.8 Å². The standard InChI is InChI=1S/C35H31N7O3/c36-33(37)23-7-6-22-16-32(34(44)38-13-10-24-19-41-30-9-8-26(43)18-29(24)30)42(31(22)17-23)20-25-15-27(45-35-39-11-3-12-40-35)14-21-4-1-2-5-28(21)25/h1-9,11-12,14-15,17-19,32,41,43H,10,13,16,20H2,(H3,36,37)(H,38,44). The molecule has 10 nitrogen and oxygen atoms in total.